The van der Waals surface area contributed by atoms with Crippen LogP contribution in [0.3, 0.4) is 0 Å². The number of hydrogen-bond donors (Lipinski definition) is 1. The van der Waals surface area contributed by atoms with Gasteiger partial charge in [0.2, 0.25) is 0 Å². The molecule has 3 nitrogen and oxygen atoms in total. The van der Waals surface area contributed by atoms with E-state index in [-0.39, 0.29) is 0 Å². The van der Waals surface area contributed by atoms with Crippen LogP contribution < -0.4 is 5.32 Å². The number of nitrogens with zero attached hydrogens (tertiary/aromatic N) is 2. The molecule has 1 aliphatic heterocycles. The minimum absolute atomic E-state index is 0.652. The summed E-state index contributed by atoms with van der Waals surface area (Å²) in [6, 6.07) is 0.652. The highest BCUT2D eigenvalue weighted by molar-refractivity contribution is 5.25. The minimum atomic E-state index is 0.652. The molecule has 1 aliphatic rings. The predicted molar refractivity (Wildman–Crippen MR) is 62.0 cm³/mol. The van der Waals surface area contributed by atoms with Crippen LogP contribution >= 0.6 is 0 Å². The van der Waals surface area contributed by atoms with E-state index in [4.69, 9.17) is 0 Å². The van der Waals surface area contributed by atoms with E-state index in [2.05, 4.69) is 30.5 Å². The molecule has 15 heavy (non-hydrogen) atoms. The smallest absolute Gasteiger partial charge is 0.0657 e. The van der Waals surface area contributed by atoms with Gasteiger partial charge in [-0.2, -0.15) is 5.10 Å². The fourth-order valence-corrected chi connectivity index (χ4v) is 2.71. The molecule has 0 bridgehead atoms. The number of aromatic nitrogens is 2. The van der Waals surface area contributed by atoms with Crippen LogP contribution in [0.2, 0.25) is 0 Å². The monoisotopic (exact) mass is 207 g/mol. The summed E-state index contributed by atoms with van der Waals surface area (Å²) in [5, 5.41) is 8.11. The highest BCUT2D eigenvalue weighted by Crippen LogP contribution is 2.31. The Kier molecular flexibility index (Phi) is 3.10. The highest BCUT2D eigenvalue weighted by atomic mass is 15.3. The van der Waals surface area contributed by atoms with Crippen LogP contribution in [0.1, 0.15) is 43.9 Å². The van der Waals surface area contributed by atoms with Gasteiger partial charge in [0.15, 0.2) is 0 Å². The second kappa shape index (κ2) is 4.35. The van der Waals surface area contributed by atoms with Gasteiger partial charge in [0.25, 0.3) is 0 Å². The zero-order valence-electron chi connectivity index (χ0n) is 9.95. The van der Waals surface area contributed by atoms with Crippen LogP contribution in [0.25, 0.3) is 0 Å². The van der Waals surface area contributed by atoms with Gasteiger partial charge in [-0.3, -0.25) is 4.68 Å². The lowest BCUT2D eigenvalue weighted by molar-refractivity contribution is 0.529. The molecule has 2 atom stereocenters. The second-order valence-corrected chi connectivity index (χ2v) is 4.42. The largest absolute Gasteiger partial charge is 0.313 e. The summed E-state index contributed by atoms with van der Waals surface area (Å²) < 4.78 is 1.96. The van der Waals surface area contributed by atoms with Crippen molar-refractivity contribution in [3.63, 3.8) is 0 Å². The molecule has 2 unspecified atom stereocenters. The zero-order valence-corrected chi connectivity index (χ0v) is 9.95. The summed E-state index contributed by atoms with van der Waals surface area (Å²) in [5.74, 6) is 0.679. The Hall–Kier alpha value is -0.830. The average molecular weight is 207 g/mol. The standard InChI is InChI=1S/C12H21N3/c1-4-11-9(6-7-13-11)10-8-15(3)14-12(10)5-2/h8-9,11,13H,4-7H2,1-3H3. The van der Waals surface area contributed by atoms with Gasteiger partial charge in [-0.1, -0.05) is 13.8 Å². The fourth-order valence-electron chi connectivity index (χ4n) is 2.71. The Labute approximate surface area is 91.9 Å². The summed E-state index contributed by atoms with van der Waals surface area (Å²) in [5.41, 5.74) is 2.75. The third-order valence-corrected chi connectivity index (χ3v) is 3.46. The molecule has 0 aliphatic carbocycles. The molecule has 1 saturated heterocycles. The predicted octanol–water partition coefficient (Wildman–Crippen LogP) is 1.84. The van der Waals surface area contributed by atoms with Crippen molar-refractivity contribution in [3.05, 3.63) is 17.5 Å². The molecule has 0 saturated carbocycles. The molecule has 1 N–H and O–H groups in total. The summed E-state index contributed by atoms with van der Waals surface area (Å²) in [7, 11) is 2.02. The van der Waals surface area contributed by atoms with E-state index >= 15 is 0 Å². The molecule has 1 aromatic heterocycles. The van der Waals surface area contributed by atoms with Crippen molar-refractivity contribution in [2.45, 2.75) is 45.1 Å². The first kappa shape index (κ1) is 10.7. The Morgan fingerprint density at radius 1 is 1.53 bits per heavy atom. The number of hydrogen-bond acceptors (Lipinski definition) is 2. The first-order valence-electron chi connectivity index (χ1n) is 6.02. The maximum Gasteiger partial charge on any atom is 0.0657 e. The van der Waals surface area contributed by atoms with E-state index in [0.717, 1.165) is 13.0 Å². The summed E-state index contributed by atoms with van der Waals surface area (Å²) in [6.07, 6.45) is 5.72. The summed E-state index contributed by atoms with van der Waals surface area (Å²) in [4.78, 5) is 0. The Balaban J connectivity index is 2.27. The maximum atomic E-state index is 4.53. The molecule has 2 rings (SSSR count). The average Bonchev–Trinajstić information content (AvgIpc) is 2.82. The van der Waals surface area contributed by atoms with Crippen LogP contribution in [0, 0.1) is 0 Å². The fraction of sp³-hybridized carbons (Fsp3) is 0.750. The maximum absolute atomic E-state index is 4.53. The van der Waals surface area contributed by atoms with Gasteiger partial charge in [-0.15, -0.1) is 0 Å². The van der Waals surface area contributed by atoms with Crippen LogP contribution in [-0.2, 0) is 13.5 Å². The van der Waals surface area contributed by atoms with Crippen molar-refractivity contribution in [1.82, 2.24) is 15.1 Å². The number of aryl methyl sites for hydroxylation is 2. The molecule has 1 aromatic rings. The van der Waals surface area contributed by atoms with Crippen molar-refractivity contribution in [1.29, 1.82) is 0 Å². The van der Waals surface area contributed by atoms with E-state index in [1.165, 1.54) is 24.1 Å². The van der Waals surface area contributed by atoms with E-state index in [1.54, 1.807) is 0 Å². The summed E-state index contributed by atoms with van der Waals surface area (Å²) >= 11 is 0. The van der Waals surface area contributed by atoms with E-state index in [1.807, 2.05) is 11.7 Å². The van der Waals surface area contributed by atoms with Crippen molar-refractivity contribution >= 4 is 0 Å². The lowest BCUT2D eigenvalue weighted by atomic mass is 9.90. The molecule has 3 heteroatoms. The highest BCUT2D eigenvalue weighted by Gasteiger charge is 2.29. The van der Waals surface area contributed by atoms with Crippen molar-refractivity contribution in [2.24, 2.45) is 7.05 Å². The van der Waals surface area contributed by atoms with Gasteiger partial charge in [-0.05, 0) is 31.4 Å². The van der Waals surface area contributed by atoms with Crippen molar-refractivity contribution < 1.29 is 0 Å². The molecule has 0 spiro atoms. The third-order valence-electron chi connectivity index (χ3n) is 3.46. The van der Waals surface area contributed by atoms with E-state index in [0.29, 0.717) is 12.0 Å². The summed E-state index contributed by atoms with van der Waals surface area (Å²) in [6.45, 7) is 5.61. The zero-order chi connectivity index (χ0) is 10.8. The van der Waals surface area contributed by atoms with Crippen LogP contribution in [-0.4, -0.2) is 22.4 Å². The van der Waals surface area contributed by atoms with Gasteiger partial charge in [0.05, 0.1) is 5.69 Å². The molecule has 0 aromatic carbocycles. The molecule has 1 fully saturated rings. The second-order valence-electron chi connectivity index (χ2n) is 4.42. The number of nitrogens with one attached hydrogen (secondary N) is 1. The molecule has 2 heterocycles. The minimum Gasteiger partial charge on any atom is -0.313 e. The van der Waals surface area contributed by atoms with Crippen molar-refractivity contribution in [2.75, 3.05) is 6.54 Å². The van der Waals surface area contributed by atoms with Crippen LogP contribution in [0.15, 0.2) is 6.20 Å². The Morgan fingerprint density at radius 3 is 3.00 bits per heavy atom. The molecule has 84 valence electrons. The van der Waals surface area contributed by atoms with Gasteiger partial charge in [0, 0.05) is 25.2 Å². The molecule has 0 amide bonds. The van der Waals surface area contributed by atoms with Gasteiger partial charge < -0.3 is 5.32 Å². The first-order chi connectivity index (χ1) is 7.26. The van der Waals surface area contributed by atoms with E-state index < -0.39 is 0 Å². The third kappa shape index (κ3) is 1.93. The lowest BCUT2D eigenvalue weighted by Gasteiger charge is -2.17. The SMILES string of the molecule is CCc1nn(C)cc1C1CCNC1CC. The topological polar surface area (TPSA) is 29.9 Å². The Morgan fingerprint density at radius 2 is 2.33 bits per heavy atom. The van der Waals surface area contributed by atoms with Crippen LogP contribution in [0.4, 0.5) is 0 Å². The quantitative estimate of drug-likeness (QED) is 0.819. The van der Waals surface area contributed by atoms with Gasteiger partial charge in [-0.25, -0.2) is 0 Å². The number of rotatable bonds is 3. The van der Waals surface area contributed by atoms with Crippen molar-refractivity contribution in [3.8, 4) is 0 Å². The molecular formula is C12H21N3. The van der Waals surface area contributed by atoms with Gasteiger partial charge in [0.1, 0.15) is 0 Å². The lowest BCUT2D eigenvalue weighted by Crippen LogP contribution is -2.25. The normalized spacial score (nSPS) is 26.1. The van der Waals surface area contributed by atoms with Gasteiger partial charge >= 0.3 is 0 Å². The molecule has 0 radical (unpaired) electrons. The molecular weight excluding hydrogens is 186 g/mol. The first-order valence-corrected chi connectivity index (χ1v) is 6.02. The van der Waals surface area contributed by atoms with Crippen LogP contribution in [0.5, 0.6) is 0 Å². The van der Waals surface area contributed by atoms with E-state index in [9.17, 15) is 0 Å². The Bertz CT molecular complexity index is 330.